The van der Waals surface area contributed by atoms with Gasteiger partial charge in [0.05, 0.1) is 6.10 Å². The number of aromatic nitrogens is 4. The Bertz CT molecular complexity index is 483. The summed E-state index contributed by atoms with van der Waals surface area (Å²) in [5.74, 6) is 0.761. The highest BCUT2D eigenvalue weighted by molar-refractivity contribution is 7.99. The first kappa shape index (κ1) is 11.1. The van der Waals surface area contributed by atoms with Crippen LogP contribution in [-0.2, 0) is 0 Å². The first-order valence-corrected chi connectivity index (χ1v) is 5.68. The third-order valence-corrected chi connectivity index (χ3v) is 2.91. The van der Waals surface area contributed by atoms with Gasteiger partial charge in [0.1, 0.15) is 10.9 Å². The number of aliphatic hydroxyl groups excluding tert-OH is 1. The lowest BCUT2D eigenvalue weighted by Gasteiger charge is -2.07. The first-order chi connectivity index (χ1) is 7.66. The summed E-state index contributed by atoms with van der Waals surface area (Å²) in [6.07, 6.45) is 1.14. The molecule has 2 rings (SSSR count). The molecule has 0 saturated heterocycles. The summed E-state index contributed by atoms with van der Waals surface area (Å²) in [5, 5.41) is 17.7. The third-order valence-electron chi connectivity index (χ3n) is 2.02. The van der Waals surface area contributed by atoms with Crippen molar-refractivity contribution >= 4 is 11.8 Å². The van der Waals surface area contributed by atoms with E-state index in [1.165, 1.54) is 11.8 Å². The van der Waals surface area contributed by atoms with E-state index >= 15 is 0 Å². The molecule has 2 heterocycles. The van der Waals surface area contributed by atoms with E-state index in [2.05, 4.69) is 20.2 Å². The normalized spacial score (nSPS) is 12.7. The highest BCUT2D eigenvalue weighted by atomic mass is 32.2. The van der Waals surface area contributed by atoms with Gasteiger partial charge in [0.25, 0.3) is 0 Å². The highest BCUT2D eigenvalue weighted by Crippen LogP contribution is 2.28. The van der Waals surface area contributed by atoms with Crippen LogP contribution < -0.4 is 0 Å². The van der Waals surface area contributed by atoms with Crippen molar-refractivity contribution in [2.75, 3.05) is 0 Å². The minimum Gasteiger partial charge on any atom is -0.389 e. The molecule has 2 aromatic rings. The summed E-state index contributed by atoms with van der Waals surface area (Å²) in [6, 6.07) is 3.65. The molecule has 6 heteroatoms. The van der Waals surface area contributed by atoms with Crippen molar-refractivity contribution < 1.29 is 5.11 Å². The van der Waals surface area contributed by atoms with Crippen molar-refractivity contribution in [2.45, 2.75) is 30.1 Å². The second-order valence-electron chi connectivity index (χ2n) is 3.38. The Labute approximate surface area is 97.3 Å². The average Bonchev–Trinajstić information content (AvgIpc) is 2.64. The predicted octanol–water partition coefficient (Wildman–Crippen LogP) is 1.71. The molecule has 0 spiro atoms. The average molecular weight is 236 g/mol. The van der Waals surface area contributed by atoms with E-state index in [0.29, 0.717) is 5.16 Å². The van der Waals surface area contributed by atoms with Crippen LogP contribution >= 0.6 is 11.8 Å². The Morgan fingerprint density at radius 2 is 2.31 bits per heavy atom. The highest BCUT2D eigenvalue weighted by Gasteiger charge is 2.12. The smallest absolute Gasteiger partial charge is 0.214 e. The number of hydrogen-bond donors (Lipinski definition) is 2. The van der Waals surface area contributed by atoms with Crippen LogP contribution in [0.2, 0.25) is 0 Å². The van der Waals surface area contributed by atoms with Crippen molar-refractivity contribution in [3.8, 4) is 0 Å². The molecular formula is C10H12N4OS. The monoisotopic (exact) mass is 236 g/mol. The maximum Gasteiger partial charge on any atom is 0.214 e. The van der Waals surface area contributed by atoms with E-state index in [1.807, 2.05) is 13.0 Å². The molecule has 0 saturated carbocycles. The Kier molecular flexibility index (Phi) is 3.21. The van der Waals surface area contributed by atoms with Crippen LogP contribution in [0.3, 0.4) is 0 Å². The molecule has 1 atom stereocenters. The van der Waals surface area contributed by atoms with Crippen molar-refractivity contribution in [3.05, 3.63) is 29.7 Å². The van der Waals surface area contributed by atoms with Crippen LogP contribution in [0.25, 0.3) is 0 Å². The van der Waals surface area contributed by atoms with Crippen molar-refractivity contribution in [2.24, 2.45) is 0 Å². The molecule has 0 aromatic carbocycles. The Hall–Kier alpha value is -1.40. The molecule has 0 radical (unpaired) electrons. The zero-order valence-corrected chi connectivity index (χ0v) is 9.82. The zero-order valence-electron chi connectivity index (χ0n) is 9.01. The standard InChI is InChI=1S/C10H12N4OS/c1-6(15)8-4-3-5-11-9(8)16-10-12-7(2)13-14-10/h3-6,15H,1-2H3,(H,12,13,14)/t6-/m1/s1. The van der Waals surface area contributed by atoms with Gasteiger partial charge in [0.15, 0.2) is 0 Å². The lowest BCUT2D eigenvalue weighted by molar-refractivity contribution is 0.195. The number of nitrogens with zero attached hydrogens (tertiary/aromatic N) is 3. The maximum absolute atomic E-state index is 9.59. The van der Waals surface area contributed by atoms with Crippen LogP contribution in [0.15, 0.2) is 28.5 Å². The van der Waals surface area contributed by atoms with Gasteiger partial charge in [-0.1, -0.05) is 6.07 Å². The minimum absolute atomic E-state index is 0.545. The van der Waals surface area contributed by atoms with E-state index in [4.69, 9.17) is 0 Å². The molecule has 0 aliphatic carbocycles. The van der Waals surface area contributed by atoms with E-state index in [1.54, 1.807) is 19.2 Å². The van der Waals surface area contributed by atoms with Gasteiger partial charge in [-0.2, -0.15) is 0 Å². The van der Waals surface area contributed by atoms with Gasteiger partial charge in [-0.25, -0.2) is 9.97 Å². The van der Waals surface area contributed by atoms with E-state index in [9.17, 15) is 5.11 Å². The number of hydrogen-bond acceptors (Lipinski definition) is 5. The van der Waals surface area contributed by atoms with Gasteiger partial charge < -0.3 is 5.11 Å². The van der Waals surface area contributed by atoms with Crippen LogP contribution in [0.4, 0.5) is 0 Å². The third kappa shape index (κ3) is 2.40. The van der Waals surface area contributed by atoms with E-state index in [0.717, 1.165) is 16.4 Å². The topological polar surface area (TPSA) is 74.7 Å². The molecule has 0 aliphatic rings. The number of aromatic amines is 1. The molecule has 0 unspecified atom stereocenters. The lowest BCUT2D eigenvalue weighted by Crippen LogP contribution is -1.96. The fourth-order valence-corrected chi connectivity index (χ4v) is 2.18. The van der Waals surface area contributed by atoms with Crippen molar-refractivity contribution in [1.29, 1.82) is 0 Å². The molecule has 16 heavy (non-hydrogen) atoms. The van der Waals surface area contributed by atoms with Crippen molar-refractivity contribution in [1.82, 2.24) is 20.2 Å². The molecular weight excluding hydrogens is 224 g/mol. The zero-order chi connectivity index (χ0) is 11.5. The number of pyridine rings is 1. The van der Waals surface area contributed by atoms with Crippen LogP contribution in [-0.4, -0.2) is 25.3 Å². The summed E-state index contributed by atoms with van der Waals surface area (Å²) in [7, 11) is 0. The van der Waals surface area contributed by atoms with Gasteiger partial charge in [-0.3, -0.25) is 5.10 Å². The Morgan fingerprint density at radius 3 is 2.94 bits per heavy atom. The number of rotatable bonds is 3. The Balaban J connectivity index is 2.27. The van der Waals surface area contributed by atoms with Crippen LogP contribution in [0.1, 0.15) is 24.4 Å². The number of aliphatic hydroxyl groups is 1. The molecule has 5 nitrogen and oxygen atoms in total. The van der Waals surface area contributed by atoms with E-state index < -0.39 is 6.10 Å². The van der Waals surface area contributed by atoms with E-state index in [-0.39, 0.29) is 0 Å². The minimum atomic E-state index is -0.545. The molecule has 2 aromatic heterocycles. The van der Waals surface area contributed by atoms with Gasteiger partial charge in [0, 0.05) is 11.8 Å². The fourth-order valence-electron chi connectivity index (χ4n) is 1.26. The van der Waals surface area contributed by atoms with Crippen LogP contribution in [0.5, 0.6) is 0 Å². The second-order valence-corrected chi connectivity index (χ2v) is 4.34. The molecule has 0 aliphatic heterocycles. The quantitative estimate of drug-likeness (QED) is 0.848. The number of H-pyrrole nitrogens is 1. The Morgan fingerprint density at radius 1 is 1.50 bits per heavy atom. The van der Waals surface area contributed by atoms with Gasteiger partial charge in [-0.15, -0.1) is 5.10 Å². The van der Waals surface area contributed by atoms with Gasteiger partial charge in [-0.05, 0) is 31.7 Å². The number of aryl methyl sites for hydroxylation is 1. The lowest BCUT2D eigenvalue weighted by atomic mass is 10.2. The van der Waals surface area contributed by atoms with Crippen molar-refractivity contribution in [3.63, 3.8) is 0 Å². The van der Waals surface area contributed by atoms with Crippen LogP contribution in [0, 0.1) is 6.92 Å². The maximum atomic E-state index is 9.59. The largest absolute Gasteiger partial charge is 0.389 e. The summed E-state index contributed by atoms with van der Waals surface area (Å²) in [5.41, 5.74) is 0.787. The molecule has 2 N–H and O–H groups in total. The molecule has 84 valence electrons. The summed E-state index contributed by atoms with van der Waals surface area (Å²) in [6.45, 7) is 3.55. The molecule has 0 bridgehead atoms. The van der Waals surface area contributed by atoms with Gasteiger partial charge in [0.2, 0.25) is 5.16 Å². The molecule has 0 fully saturated rings. The second kappa shape index (κ2) is 4.63. The summed E-state index contributed by atoms with van der Waals surface area (Å²) < 4.78 is 0. The number of nitrogens with one attached hydrogen (secondary N) is 1. The summed E-state index contributed by atoms with van der Waals surface area (Å²) >= 11 is 1.34. The first-order valence-electron chi connectivity index (χ1n) is 4.86. The predicted molar refractivity (Wildman–Crippen MR) is 60.1 cm³/mol. The van der Waals surface area contributed by atoms with Gasteiger partial charge >= 0.3 is 0 Å². The fraction of sp³-hybridized carbons (Fsp3) is 0.300. The summed E-state index contributed by atoms with van der Waals surface area (Å²) in [4.78, 5) is 8.39. The SMILES string of the molecule is Cc1nc(Sc2ncccc2[C@@H](C)O)n[nH]1. The molecule has 0 amide bonds.